The molecule has 1 rings (SSSR count). The summed E-state index contributed by atoms with van der Waals surface area (Å²) in [5, 5.41) is 5.39. The molecular formula is C10H11F3N2S. The standard InChI is InChI=1S/C10H11F3N2S/c1-5(2)14-10(16)15-7-4-3-6(11)8(12)9(7)13/h3-5H,1-2H3,(H2,14,15,16). The molecule has 0 aliphatic rings. The highest BCUT2D eigenvalue weighted by molar-refractivity contribution is 7.80. The van der Waals surface area contributed by atoms with Crippen LogP contribution in [0, 0.1) is 17.5 Å². The van der Waals surface area contributed by atoms with Crippen LogP contribution in [0.4, 0.5) is 18.9 Å². The molecule has 0 atom stereocenters. The molecule has 6 heteroatoms. The minimum atomic E-state index is -1.52. The lowest BCUT2D eigenvalue weighted by atomic mass is 10.3. The molecule has 0 radical (unpaired) electrons. The number of anilines is 1. The summed E-state index contributed by atoms with van der Waals surface area (Å²) in [7, 11) is 0. The molecule has 0 bridgehead atoms. The number of thiocarbonyl (C=S) groups is 1. The second kappa shape index (κ2) is 5.16. The van der Waals surface area contributed by atoms with Gasteiger partial charge in [-0.15, -0.1) is 0 Å². The first-order valence-electron chi connectivity index (χ1n) is 4.63. The van der Waals surface area contributed by atoms with Crippen LogP contribution in [0.15, 0.2) is 12.1 Å². The Balaban J connectivity index is 2.82. The van der Waals surface area contributed by atoms with Crippen molar-refractivity contribution in [1.82, 2.24) is 5.32 Å². The summed E-state index contributed by atoms with van der Waals surface area (Å²) in [6.07, 6.45) is 0. The predicted molar refractivity (Wildman–Crippen MR) is 60.8 cm³/mol. The summed E-state index contributed by atoms with van der Waals surface area (Å²) in [6, 6.07) is 1.98. The first-order valence-corrected chi connectivity index (χ1v) is 5.03. The molecule has 2 N–H and O–H groups in total. The molecule has 0 fully saturated rings. The second-order valence-corrected chi connectivity index (χ2v) is 3.88. The van der Waals surface area contributed by atoms with Crippen molar-refractivity contribution in [1.29, 1.82) is 0 Å². The van der Waals surface area contributed by atoms with Crippen molar-refractivity contribution in [3.8, 4) is 0 Å². The summed E-state index contributed by atoms with van der Waals surface area (Å²) in [5.74, 6) is -4.03. The molecule has 0 amide bonds. The minimum absolute atomic E-state index is 0.0633. The van der Waals surface area contributed by atoms with Crippen molar-refractivity contribution in [2.75, 3.05) is 5.32 Å². The van der Waals surface area contributed by atoms with Crippen LogP contribution in [-0.2, 0) is 0 Å². The zero-order chi connectivity index (χ0) is 12.3. The maximum absolute atomic E-state index is 13.2. The zero-order valence-electron chi connectivity index (χ0n) is 8.77. The van der Waals surface area contributed by atoms with Gasteiger partial charge in [-0.2, -0.15) is 0 Å². The summed E-state index contributed by atoms with van der Waals surface area (Å²) >= 11 is 4.84. The van der Waals surface area contributed by atoms with E-state index in [1.165, 1.54) is 0 Å². The van der Waals surface area contributed by atoms with Crippen LogP contribution in [0.3, 0.4) is 0 Å². The molecule has 0 aromatic heterocycles. The SMILES string of the molecule is CC(C)NC(=S)Nc1ccc(F)c(F)c1F. The third-order valence-electron chi connectivity index (χ3n) is 1.70. The predicted octanol–water partition coefficient (Wildman–Crippen LogP) is 2.80. The van der Waals surface area contributed by atoms with Crippen LogP contribution < -0.4 is 10.6 Å². The van der Waals surface area contributed by atoms with Crippen molar-refractivity contribution >= 4 is 23.0 Å². The minimum Gasteiger partial charge on any atom is -0.360 e. The molecule has 16 heavy (non-hydrogen) atoms. The van der Waals surface area contributed by atoms with E-state index in [1.54, 1.807) is 0 Å². The largest absolute Gasteiger partial charge is 0.360 e. The molecule has 0 unspecified atom stereocenters. The van der Waals surface area contributed by atoms with Gasteiger partial charge in [-0.3, -0.25) is 0 Å². The van der Waals surface area contributed by atoms with Crippen LogP contribution in [-0.4, -0.2) is 11.2 Å². The Morgan fingerprint density at radius 2 is 1.81 bits per heavy atom. The maximum atomic E-state index is 13.2. The molecular weight excluding hydrogens is 237 g/mol. The van der Waals surface area contributed by atoms with Crippen molar-refractivity contribution < 1.29 is 13.2 Å². The van der Waals surface area contributed by atoms with E-state index >= 15 is 0 Å². The van der Waals surface area contributed by atoms with E-state index < -0.39 is 17.5 Å². The highest BCUT2D eigenvalue weighted by atomic mass is 32.1. The van der Waals surface area contributed by atoms with Gasteiger partial charge in [-0.1, -0.05) is 0 Å². The highest BCUT2D eigenvalue weighted by Crippen LogP contribution is 2.19. The van der Waals surface area contributed by atoms with Gasteiger partial charge in [0.15, 0.2) is 22.6 Å². The van der Waals surface area contributed by atoms with Crippen LogP contribution >= 0.6 is 12.2 Å². The topological polar surface area (TPSA) is 24.1 Å². The van der Waals surface area contributed by atoms with Crippen LogP contribution in [0.25, 0.3) is 0 Å². The van der Waals surface area contributed by atoms with Gasteiger partial charge in [0.25, 0.3) is 0 Å². The number of hydrogen-bond donors (Lipinski definition) is 2. The van der Waals surface area contributed by atoms with Gasteiger partial charge in [-0.05, 0) is 38.2 Å². The summed E-state index contributed by atoms with van der Waals surface area (Å²) < 4.78 is 38.7. The Bertz CT molecular complexity index is 407. The van der Waals surface area contributed by atoms with E-state index in [4.69, 9.17) is 12.2 Å². The van der Waals surface area contributed by atoms with Gasteiger partial charge in [-0.25, -0.2) is 13.2 Å². The highest BCUT2D eigenvalue weighted by Gasteiger charge is 2.13. The van der Waals surface area contributed by atoms with E-state index in [0.717, 1.165) is 12.1 Å². The quantitative estimate of drug-likeness (QED) is 0.621. The Kier molecular flexibility index (Phi) is 4.12. The number of nitrogens with one attached hydrogen (secondary N) is 2. The fourth-order valence-corrected chi connectivity index (χ4v) is 1.39. The van der Waals surface area contributed by atoms with Crippen molar-refractivity contribution in [2.24, 2.45) is 0 Å². The van der Waals surface area contributed by atoms with E-state index in [2.05, 4.69) is 10.6 Å². The third-order valence-corrected chi connectivity index (χ3v) is 1.92. The van der Waals surface area contributed by atoms with Gasteiger partial charge < -0.3 is 10.6 Å². The normalized spacial score (nSPS) is 10.4. The lowest BCUT2D eigenvalue weighted by molar-refractivity contribution is 0.449. The summed E-state index contributed by atoms with van der Waals surface area (Å²) in [5.41, 5.74) is -0.197. The molecule has 1 aromatic carbocycles. The average molecular weight is 248 g/mol. The Morgan fingerprint density at radius 1 is 1.19 bits per heavy atom. The van der Waals surface area contributed by atoms with Gasteiger partial charge in [0, 0.05) is 6.04 Å². The van der Waals surface area contributed by atoms with E-state index in [9.17, 15) is 13.2 Å². The Labute approximate surface area is 96.8 Å². The van der Waals surface area contributed by atoms with E-state index in [1.807, 2.05) is 13.8 Å². The number of rotatable bonds is 2. The fraction of sp³-hybridized carbons (Fsp3) is 0.300. The second-order valence-electron chi connectivity index (χ2n) is 3.48. The van der Waals surface area contributed by atoms with Crippen LogP contribution in [0.1, 0.15) is 13.8 Å². The molecule has 88 valence electrons. The molecule has 0 aliphatic heterocycles. The van der Waals surface area contributed by atoms with Crippen molar-refractivity contribution in [2.45, 2.75) is 19.9 Å². The van der Waals surface area contributed by atoms with Crippen molar-refractivity contribution in [3.05, 3.63) is 29.6 Å². The van der Waals surface area contributed by atoms with Gasteiger partial charge in [0.05, 0.1) is 5.69 Å². The molecule has 0 saturated heterocycles. The van der Waals surface area contributed by atoms with Crippen molar-refractivity contribution in [3.63, 3.8) is 0 Å². The first-order chi connectivity index (χ1) is 7.41. The van der Waals surface area contributed by atoms with E-state index in [-0.39, 0.29) is 16.8 Å². The summed E-state index contributed by atoms with van der Waals surface area (Å²) in [6.45, 7) is 3.69. The Hall–Kier alpha value is -1.30. The Morgan fingerprint density at radius 3 is 2.38 bits per heavy atom. The van der Waals surface area contributed by atoms with Gasteiger partial charge >= 0.3 is 0 Å². The molecule has 1 aromatic rings. The number of hydrogen-bond acceptors (Lipinski definition) is 1. The van der Waals surface area contributed by atoms with Crippen LogP contribution in [0.5, 0.6) is 0 Å². The molecule has 0 saturated carbocycles. The summed E-state index contributed by atoms with van der Waals surface area (Å²) in [4.78, 5) is 0. The molecule has 0 heterocycles. The lowest BCUT2D eigenvalue weighted by Gasteiger charge is -2.13. The van der Waals surface area contributed by atoms with E-state index in [0.29, 0.717) is 0 Å². The van der Waals surface area contributed by atoms with Gasteiger partial charge in [0.1, 0.15) is 0 Å². The van der Waals surface area contributed by atoms with Crippen LogP contribution in [0.2, 0.25) is 0 Å². The fourth-order valence-electron chi connectivity index (χ4n) is 1.04. The molecule has 0 aliphatic carbocycles. The zero-order valence-corrected chi connectivity index (χ0v) is 9.59. The van der Waals surface area contributed by atoms with Gasteiger partial charge in [0.2, 0.25) is 0 Å². The lowest BCUT2D eigenvalue weighted by Crippen LogP contribution is -2.34. The number of halogens is 3. The monoisotopic (exact) mass is 248 g/mol. The number of benzene rings is 1. The first kappa shape index (κ1) is 12.8. The smallest absolute Gasteiger partial charge is 0.196 e. The molecule has 0 spiro atoms. The molecule has 2 nitrogen and oxygen atoms in total. The third kappa shape index (κ3) is 3.10. The average Bonchev–Trinajstić information content (AvgIpc) is 2.18. The maximum Gasteiger partial charge on any atom is 0.196 e.